The molecule has 202 valence electrons. The molecule has 40 heavy (non-hydrogen) atoms. The Labute approximate surface area is 230 Å². The van der Waals surface area contributed by atoms with Gasteiger partial charge in [-0.2, -0.15) is 14.6 Å². The van der Waals surface area contributed by atoms with Crippen molar-refractivity contribution in [1.82, 2.24) is 30.2 Å². The lowest BCUT2D eigenvalue weighted by Crippen LogP contribution is -2.31. The van der Waals surface area contributed by atoms with Gasteiger partial charge in [0.05, 0.1) is 17.6 Å². The smallest absolute Gasteiger partial charge is 0.338 e. The fourth-order valence-electron chi connectivity index (χ4n) is 5.73. The van der Waals surface area contributed by atoms with E-state index in [0.717, 1.165) is 35.1 Å². The summed E-state index contributed by atoms with van der Waals surface area (Å²) in [4.78, 5) is 47.7. The number of carbonyl (C=O) groups excluding carboxylic acids is 3. The van der Waals surface area contributed by atoms with Gasteiger partial charge in [0.2, 0.25) is 0 Å². The van der Waals surface area contributed by atoms with Crippen LogP contribution >= 0.6 is 0 Å². The van der Waals surface area contributed by atoms with Crippen molar-refractivity contribution < 1.29 is 19.1 Å². The second-order valence-corrected chi connectivity index (χ2v) is 10.0. The van der Waals surface area contributed by atoms with E-state index in [9.17, 15) is 14.4 Å². The molecule has 0 radical (unpaired) electrons. The maximum atomic E-state index is 13.5. The Morgan fingerprint density at radius 1 is 1.05 bits per heavy atom. The van der Waals surface area contributed by atoms with E-state index in [1.54, 1.807) is 6.07 Å². The minimum Gasteiger partial charge on any atom is -0.458 e. The molecule has 0 saturated carbocycles. The monoisotopic (exact) mass is 536 g/mol. The normalized spacial score (nSPS) is 17.2. The molecule has 10 nitrogen and oxygen atoms in total. The summed E-state index contributed by atoms with van der Waals surface area (Å²) in [5, 5.41) is 10.3. The van der Waals surface area contributed by atoms with Crippen LogP contribution in [0.2, 0.25) is 0 Å². The molecule has 0 aliphatic heterocycles. The van der Waals surface area contributed by atoms with E-state index in [4.69, 9.17) is 4.74 Å². The molecule has 6 rings (SSSR count). The first-order chi connectivity index (χ1) is 19.4. The highest BCUT2D eigenvalue weighted by molar-refractivity contribution is 5.98. The van der Waals surface area contributed by atoms with Gasteiger partial charge in [-0.3, -0.25) is 9.59 Å². The second kappa shape index (κ2) is 10.4. The number of benzene rings is 2. The fourth-order valence-corrected chi connectivity index (χ4v) is 5.73. The molecule has 2 aliphatic rings. The maximum absolute atomic E-state index is 13.5. The van der Waals surface area contributed by atoms with Crippen LogP contribution in [-0.4, -0.2) is 44.0 Å². The SMILES string of the molecule is C=CCOC(=O)c1ccc2c(c1C)CC[C@@H]2NC(=O)c1cc(C(=O)N[C@H]2CCc3ccccc32)nc2ncnn12. The zero-order chi connectivity index (χ0) is 27.8. The molecule has 2 aromatic heterocycles. The van der Waals surface area contributed by atoms with E-state index < -0.39 is 11.9 Å². The third-order valence-corrected chi connectivity index (χ3v) is 7.71. The number of carbonyl (C=O) groups is 3. The van der Waals surface area contributed by atoms with Crippen molar-refractivity contribution in [3.05, 3.63) is 106 Å². The van der Waals surface area contributed by atoms with Gasteiger partial charge in [-0.25, -0.2) is 9.78 Å². The first kappa shape index (κ1) is 25.4. The highest BCUT2D eigenvalue weighted by Crippen LogP contribution is 2.35. The molecule has 10 heteroatoms. The van der Waals surface area contributed by atoms with E-state index >= 15 is 0 Å². The third kappa shape index (κ3) is 4.51. The molecular weight excluding hydrogens is 508 g/mol. The Morgan fingerprint density at radius 2 is 1.82 bits per heavy atom. The van der Waals surface area contributed by atoms with Gasteiger partial charge in [0.15, 0.2) is 0 Å². The van der Waals surface area contributed by atoms with Gasteiger partial charge < -0.3 is 15.4 Å². The van der Waals surface area contributed by atoms with Gasteiger partial charge in [-0.15, -0.1) is 0 Å². The van der Waals surface area contributed by atoms with Gasteiger partial charge >= 0.3 is 5.97 Å². The lowest BCUT2D eigenvalue weighted by Gasteiger charge is -2.17. The molecule has 0 unspecified atom stereocenters. The van der Waals surface area contributed by atoms with Crippen LogP contribution in [0, 0.1) is 6.92 Å². The molecule has 2 N–H and O–H groups in total. The molecule has 2 aromatic carbocycles. The number of amides is 2. The molecule has 2 amide bonds. The van der Waals surface area contributed by atoms with Crippen molar-refractivity contribution in [1.29, 1.82) is 0 Å². The van der Waals surface area contributed by atoms with Crippen LogP contribution in [0.5, 0.6) is 0 Å². The summed E-state index contributed by atoms with van der Waals surface area (Å²) in [6.45, 7) is 5.61. The summed E-state index contributed by atoms with van der Waals surface area (Å²) < 4.78 is 6.54. The Morgan fingerprint density at radius 3 is 2.67 bits per heavy atom. The van der Waals surface area contributed by atoms with E-state index in [1.807, 2.05) is 31.2 Å². The number of hydrogen-bond donors (Lipinski definition) is 2. The van der Waals surface area contributed by atoms with Gasteiger partial charge in [0, 0.05) is 6.07 Å². The van der Waals surface area contributed by atoms with Gasteiger partial charge in [-0.1, -0.05) is 43.0 Å². The zero-order valence-electron chi connectivity index (χ0n) is 22.0. The van der Waals surface area contributed by atoms with Crippen LogP contribution in [0.25, 0.3) is 5.78 Å². The van der Waals surface area contributed by atoms with Crippen LogP contribution in [-0.2, 0) is 17.6 Å². The largest absolute Gasteiger partial charge is 0.458 e. The van der Waals surface area contributed by atoms with E-state index in [2.05, 4.69) is 38.3 Å². The number of aryl methyl sites for hydroxylation is 1. The van der Waals surface area contributed by atoms with Crippen molar-refractivity contribution in [2.24, 2.45) is 0 Å². The Balaban J connectivity index is 1.23. The minimum atomic E-state index is -0.400. The molecule has 0 bridgehead atoms. The van der Waals surface area contributed by atoms with Crippen LogP contribution in [0.15, 0.2) is 61.4 Å². The van der Waals surface area contributed by atoms with Crippen molar-refractivity contribution in [2.75, 3.05) is 6.61 Å². The number of aromatic nitrogens is 4. The lowest BCUT2D eigenvalue weighted by atomic mass is 9.98. The average molecular weight is 537 g/mol. The number of nitrogens with zero attached hydrogens (tertiary/aromatic N) is 4. The van der Waals surface area contributed by atoms with Crippen molar-refractivity contribution in [3.8, 4) is 0 Å². The average Bonchev–Trinajstić information content (AvgIpc) is 3.70. The van der Waals surface area contributed by atoms with Crippen LogP contribution in [0.3, 0.4) is 0 Å². The lowest BCUT2D eigenvalue weighted by molar-refractivity contribution is 0.0548. The van der Waals surface area contributed by atoms with E-state index in [-0.39, 0.29) is 41.8 Å². The molecule has 0 saturated heterocycles. The standard InChI is InChI=1S/C30H28N6O4/c1-3-14-40-29(39)20-9-10-22-19(17(20)2)11-13-24(22)34-28(38)26-15-25(35-30-31-16-32-36(26)30)27(37)33-23-12-8-18-6-4-5-7-21(18)23/h3-7,9-10,15-16,23-24H,1,8,11-14H2,2H3,(H,33,37)(H,34,38)/t23-,24-/m0/s1. The predicted molar refractivity (Wildman–Crippen MR) is 146 cm³/mol. The zero-order valence-corrected chi connectivity index (χ0v) is 22.0. The topological polar surface area (TPSA) is 128 Å². The van der Waals surface area contributed by atoms with Crippen LogP contribution in [0.4, 0.5) is 0 Å². The van der Waals surface area contributed by atoms with Gasteiger partial charge in [0.25, 0.3) is 17.6 Å². The van der Waals surface area contributed by atoms with Crippen LogP contribution in [0.1, 0.15) is 84.1 Å². The summed E-state index contributed by atoms with van der Waals surface area (Å²) >= 11 is 0. The molecular formula is C30H28N6O4. The molecule has 2 heterocycles. The Hall–Kier alpha value is -4.86. The number of fused-ring (bicyclic) bond motifs is 3. The number of ether oxygens (including phenoxy) is 1. The quantitative estimate of drug-likeness (QED) is 0.273. The van der Waals surface area contributed by atoms with E-state index in [1.165, 1.54) is 28.5 Å². The minimum absolute atomic E-state index is 0.0976. The number of hydrogen-bond acceptors (Lipinski definition) is 7. The van der Waals surface area contributed by atoms with Gasteiger partial charge in [0.1, 0.15) is 24.3 Å². The summed E-state index contributed by atoms with van der Waals surface area (Å²) in [7, 11) is 0. The van der Waals surface area contributed by atoms with E-state index in [0.29, 0.717) is 18.4 Å². The maximum Gasteiger partial charge on any atom is 0.338 e. The summed E-state index contributed by atoms with van der Waals surface area (Å²) in [6.07, 6.45) is 5.91. The van der Waals surface area contributed by atoms with Crippen molar-refractivity contribution >= 4 is 23.6 Å². The summed E-state index contributed by atoms with van der Waals surface area (Å²) in [6, 6.07) is 12.7. The summed E-state index contributed by atoms with van der Waals surface area (Å²) in [5.74, 6) is -1.01. The third-order valence-electron chi connectivity index (χ3n) is 7.71. The number of nitrogens with one attached hydrogen (secondary N) is 2. The first-order valence-electron chi connectivity index (χ1n) is 13.2. The Bertz CT molecular complexity index is 1680. The Kier molecular flexibility index (Phi) is 6.59. The van der Waals surface area contributed by atoms with Gasteiger partial charge in [-0.05, 0) is 66.5 Å². The van der Waals surface area contributed by atoms with Crippen LogP contribution < -0.4 is 10.6 Å². The second-order valence-electron chi connectivity index (χ2n) is 10.0. The molecule has 0 fully saturated rings. The number of esters is 1. The van der Waals surface area contributed by atoms with Crippen molar-refractivity contribution in [2.45, 2.75) is 44.7 Å². The molecule has 2 atom stereocenters. The fraction of sp³-hybridized carbons (Fsp3) is 0.267. The van der Waals surface area contributed by atoms with Crippen molar-refractivity contribution in [3.63, 3.8) is 0 Å². The molecule has 4 aromatic rings. The molecule has 2 aliphatic carbocycles. The highest BCUT2D eigenvalue weighted by Gasteiger charge is 2.30. The predicted octanol–water partition coefficient (Wildman–Crippen LogP) is 3.61. The molecule has 0 spiro atoms. The first-order valence-corrected chi connectivity index (χ1v) is 13.2. The highest BCUT2D eigenvalue weighted by atomic mass is 16.5. The number of rotatable bonds is 7. The summed E-state index contributed by atoms with van der Waals surface area (Å²) in [5.41, 5.74) is 5.91.